The lowest BCUT2D eigenvalue weighted by molar-refractivity contribution is -0.574. The van der Waals surface area contributed by atoms with Crippen LogP contribution in [0.5, 0.6) is 0 Å². The maximum absolute atomic E-state index is 12.4. The highest BCUT2D eigenvalue weighted by molar-refractivity contribution is 5.81. The summed E-state index contributed by atoms with van der Waals surface area (Å²) in [5.74, 6) is -2.84. The Morgan fingerprint density at radius 2 is 0.966 bits per heavy atom. The Morgan fingerprint density at radius 1 is 0.655 bits per heavy atom. The molecule has 0 atom stereocenters. The molecule has 9 heteroatoms. The summed E-state index contributed by atoms with van der Waals surface area (Å²) in [6.45, 7) is 1.55. The van der Waals surface area contributed by atoms with Crippen molar-refractivity contribution in [3.8, 4) is 0 Å². The van der Waals surface area contributed by atoms with Crippen LogP contribution in [0.15, 0.2) is 0 Å². The van der Waals surface area contributed by atoms with Gasteiger partial charge < -0.3 is 9.84 Å². The lowest BCUT2D eigenvalue weighted by Gasteiger charge is -2.40. The van der Waals surface area contributed by atoms with Gasteiger partial charge in [-0.25, -0.2) is 0 Å². The number of halogens is 6. The van der Waals surface area contributed by atoms with Crippen LogP contribution in [0.3, 0.4) is 0 Å². The van der Waals surface area contributed by atoms with Crippen LogP contribution >= 0.6 is 0 Å². The van der Waals surface area contributed by atoms with Crippen LogP contribution in [0.1, 0.15) is 96.8 Å². The number of unbranched alkanes of at least 4 members (excludes halogenated alkanes) is 13. The maximum atomic E-state index is 12.4. The topological polar surface area (TPSA) is 49.4 Å². The standard InChI is InChI=1S/C20H33F6O3/c1-2-3-4-5-6-7-8-9-10-11-12-13-14-15-16-29-17(27)18(28,19(21,22)23)20(24,25)26/h2-16H2,1H3/q-1. The third kappa shape index (κ3) is 10.6. The second-order valence-electron chi connectivity index (χ2n) is 7.41. The van der Waals surface area contributed by atoms with E-state index in [2.05, 4.69) is 11.7 Å². The van der Waals surface area contributed by atoms with E-state index in [1.807, 2.05) is 0 Å². The second-order valence-corrected chi connectivity index (χ2v) is 7.41. The molecule has 0 aromatic heterocycles. The van der Waals surface area contributed by atoms with E-state index in [-0.39, 0.29) is 6.42 Å². The number of alkyl halides is 6. The second kappa shape index (κ2) is 14.1. The van der Waals surface area contributed by atoms with Gasteiger partial charge in [0.1, 0.15) is 0 Å². The van der Waals surface area contributed by atoms with Gasteiger partial charge in [-0.1, -0.05) is 90.4 Å². The first-order chi connectivity index (χ1) is 13.5. The SMILES string of the molecule is CCCCCCCCCCCCCCCCOC(=O)C([O-])(C(F)(F)F)C(F)(F)F. The van der Waals surface area contributed by atoms with Crippen molar-refractivity contribution in [2.45, 2.75) is 115 Å². The van der Waals surface area contributed by atoms with Gasteiger partial charge in [0.25, 0.3) is 0 Å². The molecule has 0 aromatic rings. The van der Waals surface area contributed by atoms with Gasteiger partial charge in [0.05, 0.1) is 6.61 Å². The Labute approximate surface area is 169 Å². The summed E-state index contributed by atoms with van der Waals surface area (Å²) in [7, 11) is 0. The fourth-order valence-corrected chi connectivity index (χ4v) is 2.96. The first kappa shape index (κ1) is 28.0. The molecule has 0 saturated heterocycles. The minimum atomic E-state index is -6.31. The van der Waals surface area contributed by atoms with Crippen LogP contribution in [0, 0.1) is 0 Å². The maximum Gasteiger partial charge on any atom is 0.399 e. The molecule has 174 valence electrons. The Hall–Kier alpha value is -0.990. The molecule has 0 N–H and O–H groups in total. The molecule has 0 aliphatic rings. The van der Waals surface area contributed by atoms with Crippen LogP contribution in [0.25, 0.3) is 0 Å². The molecule has 0 fully saturated rings. The summed E-state index contributed by atoms with van der Waals surface area (Å²) in [5.41, 5.74) is -5.74. The average Bonchev–Trinajstić information content (AvgIpc) is 2.62. The predicted octanol–water partition coefficient (Wildman–Crippen LogP) is 6.23. The molecular weight excluding hydrogens is 402 g/mol. The molecule has 0 aliphatic carbocycles. The minimum Gasteiger partial charge on any atom is -0.828 e. The highest BCUT2D eigenvalue weighted by Crippen LogP contribution is 2.41. The summed E-state index contributed by atoms with van der Waals surface area (Å²) < 4.78 is 78.5. The molecule has 0 amide bonds. The molecule has 0 bridgehead atoms. The summed E-state index contributed by atoms with van der Waals surface area (Å²) in [5, 5.41) is 11.1. The zero-order valence-electron chi connectivity index (χ0n) is 17.1. The zero-order chi connectivity index (χ0) is 22.4. The van der Waals surface area contributed by atoms with Gasteiger partial charge in [-0.15, -0.1) is 0 Å². The molecule has 0 rings (SSSR count). The molecule has 0 aliphatic heterocycles. The quantitative estimate of drug-likeness (QED) is 0.164. The number of ether oxygens (including phenoxy) is 1. The normalized spacial score (nSPS) is 13.0. The Bertz CT molecular complexity index is 421. The first-order valence-corrected chi connectivity index (χ1v) is 10.5. The molecule has 0 heterocycles. The van der Waals surface area contributed by atoms with Gasteiger partial charge in [0.15, 0.2) is 5.60 Å². The molecule has 0 spiro atoms. The molecule has 0 aromatic carbocycles. The van der Waals surface area contributed by atoms with Crippen LogP contribution in [0.4, 0.5) is 26.3 Å². The molecule has 3 nitrogen and oxygen atoms in total. The van der Waals surface area contributed by atoms with E-state index in [1.54, 1.807) is 0 Å². The van der Waals surface area contributed by atoms with Gasteiger partial charge in [0, 0.05) is 0 Å². The molecule has 0 radical (unpaired) electrons. The lowest BCUT2D eigenvalue weighted by Crippen LogP contribution is -2.71. The van der Waals surface area contributed by atoms with Crippen molar-refractivity contribution in [1.29, 1.82) is 0 Å². The van der Waals surface area contributed by atoms with Gasteiger partial charge in [0.2, 0.25) is 0 Å². The minimum absolute atomic E-state index is 0.120. The third-order valence-electron chi connectivity index (χ3n) is 4.82. The van der Waals surface area contributed by atoms with Crippen LogP contribution < -0.4 is 5.11 Å². The van der Waals surface area contributed by atoms with E-state index in [9.17, 15) is 36.2 Å². The van der Waals surface area contributed by atoms with E-state index in [0.717, 1.165) is 32.1 Å². The molecule has 0 unspecified atom stereocenters. The highest BCUT2D eigenvalue weighted by Gasteiger charge is 2.68. The summed E-state index contributed by atoms with van der Waals surface area (Å²) in [4.78, 5) is 11.1. The van der Waals surface area contributed by atoms with Crippen molar-refractivity contribution in [3.63, 3.8) is 0 Å². The van der Waals surface area contributed by atoms with E-state index in [0.29, 0.717) is 6.42 Å². The third-order valence-corrected chi connectivity index (χ3v) is 4.82. The highest BCUT2D eigenvalue weighted by atomic mass is 19.4. The van der Waals surface area contributed by atoms with Crippen molar-refractivity contribution >= 4 is 5.97 Å². The number of esters is 1. The molecule has 29 heavy (non-hydrogen) atoms. The van der Waals surface area contributed by atoms with E-state index < -0.39 is 30.5 Å². The van der Waals surface area contributed by atoms with E-state index >= 15 is 0 Å². The zero-order valence-corrected chi connectivity index (χ0v) is 17.1. The van der Waals surface area contributed by atoms with Crippen LogP contribution in [-0.4, -0.2) is 30.5 Å². The smallest absolute Gasteiger partial charge is 0.399 e. The first-order valence-electron chi connectivity index (χ1n) is 10.5. The number of hydrogen-bond acceptors (Lipinski definition) is 3. The average molecular weight is 435 g/mol. The van der Waals surface area contributed by atoms with Crippen molar-refractivity contribution in [3.05, 3.63) is 0 Å². The van der Waals surface area contributed by atoms with E-state index in [4.69, 9.17) is 0 Å². The van der Waals surface area contributed by atoms with Crippen LogP contribution in [0.2, 0.25) is 0 Å². The summed E-state index contributed by atoms with van der Waals surface area (Å²) in [6, 6.07) is 0. The molecular formula is C20H33F6O3-. The van der Waals surface area contributed by atoms with Crippen molar-refractivity contribution < 1.29 is 41.0 Å². The van der Waals surface area contributed by atoms with Crippen LogP contribution in [-0.2, 0) is 9.53 Å². The largest absolute Gasteiger partial charge is 0.828 e. The Kier molecular flexibility index (Phi) is 13.6. The number of carbonyl (C=O) groups is 1. The van der Waals surface area contributed by atoms with Gasteiger partial charge >= 0.3 is 18.3 Å². The van der Waals surface area contributed by atoms with Crippen molar-refractivity contribution in [2.24, 2.45) is 0 Å². The van der Waals surface area contributed by atoms with Crippen molar-refractivity contribution in [1.82, 2.24) is 0 Å². The summed E-state index contributed by atoms with van der Waals surface area (Å²) in [6.07, 6.45) is 1.77. The van der Waals surface area contributed by atoms with Gasteiger partial charge in [-0.2, -0.15) is 26.3 Å². The summed E-state index contributed by atoms with van der Waals surface area (Å²) >= 11 is 0. The number of hydrogen-bond donors (Lipinski definition) is 0. The Morgan fingerprint density at radius 3 is 1.28 bits per heavy atom. The van der Waals surface area contributed by atoms with Gasteiger partial charge in [-0.3, -0.25) is 4.79 Å². The van der Waals surface area contributed by atoms with Gasteiger partial charge in [-0.05, 0) is 6.42 Å². The number of rotatable bonds is 16. The van der Waals surface area contributed by atoms with Crippen molar-refractivity contribution in [2.75, 3.05) is 6.61 Å². The Balaban J connectivity index is 3.74. The fourth-order valence-electron chi connectivity index (χ4n) is 2.96. The predicted molar refractivity (Wildman–Crippen MR) is 96.1 cm³/mol. The fraction of sp³-hybridized carbons (Fsp3) is 0.950. The lowest BCUT2D eigenvalue weighted by atomic mass is 10.0. The van der Waals surface area contributed by atoms with E-state index in [1.165, 1.54) is 44.9 Å². The number of carbonyl (C=O) groups excluding carboxylic acids is 1. The molecule has 0 saturated carbocycles. The monoisotopic (exact) mass is 435 g/mol.